The van der Waals surface area contributed by atoms with Crippen molar-refractivity contribution >= 4 is 52.0 Å². The van der Waals surface area contributed by atoms with E-state index in [9.17, 15) is 23.2 Å². The van der Waals surface area contributed by atoms with Crippen molar-refractivity contribution in [2.75, 3.05) is 43.1 Å². The third-order valence-electron chi connectivity index (χ3n) is 6.90. The molecule has 4 rings (SSSR count). The lowest BCUT2D eigenvalue weighted by molar-refractivity contribution is -0.125. The van der Waals surface area contributed by atoms with Crippen LogP contribution < -0.4 is 15.5 Å². The Kier molecular flexibility index (Phi) is 9.92. The highest BCUT2D eigenvalue weighted by atomic mass is 35.5. The molecule has 1 aromatic carbocycles. The SMILES string of the molecule is CC(C)CN(C1CCC1)[C@@H](CNC(=O)c1ccc(Cl)s1)C(=O)Nc1ccc(N2CCOCC2=O)cc1C(F)F. The largest absolute Gasteiger partial charge is 0.370 e. The summed E-state index contributed by atoms with van der Waals surface area (Å²) in [6.07, 6.45) is 0.0206. The van der Waals surface area contributed by atoms with E-state index in [1.165, 1.54) is 17.0 Å². The molecule has 1 saturated carbocycles. The van der Waals surface area contributed by atoms with Gasteiger partial charge in [-0.25, -0.2) is 8.78 Å². The monoisotopic (exact) mass is 582 g/mol. The molecule has 2 aromatic rings. The van der Waals surface area contributed by atoms with Gasteiger partial charge >= 0.3 is 0 Å². The Balaban J connectivity index is 1.57. The van der Waals surface area contributed by atoms with Gasteiger partial charge in [0.25, 0.3) is 18.2 Å². The summed E-state index contributed by atoms with van der Waals surface area (Å²) in [6.45, 7) is 5.18. The number of thiophene rings is 1. The van der Waals surface area contributed by atoms with Crippen molar-refractivity contribution in [3.8, 4) is 0 Å². The second-order valence-electron chi connectivity index (χ2n) is 10.2. The Morgan fingerprint density at radius 1 is 1.23 bits per heavy atom. The highest BCUT2D eigenvalue weighted by Crippen LogP contribution is 2.33. The number of anilines is 2. The molecule has 1 aliphatic heterocycles. The molecule has 2 heterocycles. The van der Waals surface area contributed by atoms with Crippen molar-refractivity contribution in [3.05, 3.63) is 45.1 Å². The second-order valence-corrected chi connectivity index (χ2v) is 11.9. The number of halogens is 3. The van der Waals surface area contributed by atoms with Crippen LogP contribution in [-0.4, -0.2) is 67.6 Å². The first-order valence-electron chi connectivity index (χ1n) is 13.0. The van der Waals surface area contributed by atoms with Crippen LogP contribution in [0.1, 0.15) is 54.8 Å². The molecule has 3 amide bonds. The van der Waals surface area contributed by atoms with Gasteiger partial charge in [-0.1, -0.05) is 31.9 Å². The molecule has 1 atom stereocenters. The molecule has 212 valence electrons. The van der Waals surface area contributed by atoms with Gasteiger partial charge in [-0.15, -0.1) is 11.3 Å². The van der Waals surface area contributed by atoms with E-state index in [0.29, 0.717) is 28.1 Å². The van der Waals surface area contributed by atoms with E-state index in [0.717, 1.165) is 30.6 Å². The lowest BCUT2D eigenvalue weighted by Gasteiger charge is -2.42. The van der Waals surface area contributed by atoms with Gasteiger partial charge in [0.1, 0.15) is 12.6 Å². The van der Waals surface area contributed by atoms with Crippen LogP contribution in [0.4, 0.5) is 20.2 Å². The maximum Gasteiger partial charge on any atom is 0.265 e. The second kappa shape index (κ2) is 13.2. The van der Waals surface area contributed by atoms with E-state index < -0.39 is 18.4 Å². The molecule has 0 unspecified atom stereocenters. The smallest absolute Gasteiger partial charge is 0.265 e. The number of nitrogens with zero attached hydrogens (tertiary/aromatic N) is 2. The Bertz CT molecular complexity index is 1190. The third-order valence-corrected chi connectivity index (χ3v) is 8.13. The van der Waals surface area contributed by atoms with Crippen molar-refractivity contribution in [3.63, 3.8) is 0 Å². The lowest BCUT2D eigenvalue weighted by atomic mass is 9.89. The fraction of sp³-hybridized carbons (Fsp3) is 0.519. The average molecular weight is 583 g/mol. The molecule has 12 heteroatoms. The first kappa shape index (κ1) is 29.4. The van der Waals surface area contributed by atoms with Gasteiger partial charge in [-0.2, -0.15) is 0 Å². The molecule has 0 radical (unpaired) electrons. The molecule has 1 aliphatic carbocycles. The van der Waals surface area contributed by atoms with Crippen LogP contribution >= 0.6 is 22.9 Å². The summed E-state index contributed by atoms with van der Waals surface area (Å²) >= 11 is 7.11. The Morgan fingerprint density at radius 2 is 2.00 bits per heavy atom. The summed E-state index contributed by atoms with van der Waals surface area (Å²) in [6, 6.07) is 6.81. The van der Waals surface area contributed by atoms with Crippen molar-refractivity contribution < 1.29 is 27.9 Å². The van der Waals surface area contributed by atoms with Crippen molar-refractivity contribution in [1.82, 2.24) is 10.2 Å². The summed E-state index contributed by atoms with van der Waals surface area (Å²) in [5, 5.41) is 5.54. The van der Waals surface area contributed by atoms with Gasteiger partial charge in [0.15, 0.2) is 0 Å². The lowest BCUT2D eigenvalue weighted by Crippen LogP contribution is -2.57. The van der Waals surface area contributed by atoms with Crippen LogP contribution in [0.25, 0.3) is 0 Å². The van der Waals surface area contributed by atoms with Crippen molar-refractivity contribution in [2.45, 2.75) is 51.6 Å². The number of morpholine rings is 1. The Labute approximate surface area is 235 Å². The summed E-state index contributed by atoms with van der Waals surface area (Å²) in [7, 11) is 0. The number of carbonyl (C=O) groups is 3. The summed E-state index contributed by atoms with van der Waals surface area (Å²) in [5.74, 6) is -0.902. The zero-order valence-corrected chi connectivity index (χ0v) is 23.5. The summed E-state index contributed by atoms with van der Waals surface area (Å²) in [4.78, 5) is 42.6. The number of hydrogen-bond acceptors (Lipinski definition) is 6. The van der Waals surface area contributed by atoms with E-state index in [-0.39, 0.29) is 54.7 Å². The molecule has 39 heavy (non-hydrogen) atoms. The number of carbonyl (C=O) groups excluding carboxylic acids is 3. The van der Waals surface area contributed by atoms with E-state index in [4.69, 9.17) is 16.3 Å². The first-order chi connectivity index (χ1) is 18.6. The third kappa shape index (κ3) is 7.33. The van der Waals surface area contributed by atoms with Crippen molar-refractivity contribution in [1.29, 1.82) is 0 Å². The predicted octanol–water partition coefficient (Wildman–Crippen LogP) is 4.95. The Morgan fingerprint density at radius 3 is 2.59 bits per heavy atom. The predicted molar refractivity (Wildman–Crippen MR) is 148 cm³/mol. The molecular weight excluding hydrogens is 550 g/mol. The summed E-state index contributed by atoms with van der Waals surface area (Å²) < 4.78 is 33.9. The van der Waals surface area contributed by atoms with Gasteiger partial charge in [0, 0.05) is 42.6 Å². The van der Waals surface area contributed by atoms with E-state index in [1.807, 2.05) is 13.8 Å². The van der Waals surface area contributed by atoms with Crippen molar-refractivity contribution in [2.24, 2.45) is 5.92 Å². The Hall–Kier alpha value is -2.60. The zero-order valence-electron chi connectivity index (χ0n) is 21.9. The number of amides is 3. The normalized spacial score (nSPS) is 17.0. The maximum absolute atomic E-state index is 14.1. The van der Waals surface area contributed by atoms with Crippen LogP contribution in [-0.2, 0) is 14.3 Å². The number of alkyl halides is 2. The minimum atomic E-state index is -2.88. The van der Waals surface area contributed by atoms with Crippen LogP contribution in [0.3, 0.4) is 0 Å². The van der Waals surface area contributed by atoms with Gasteiger partial charge in [-0.05, 0) is 49.1 Å². The minimum absolute atomic E-state index is 0.00772. The van der Waals surface area contributed by atoms with Gasteiger partial charge in [-0.3, -0.25) is 19.3 Å². The number of nitrogens with one attached hydrogen (secondary N) is 2. The molecular formula is C27H33ClF2N4O4S. The van der Waals surface area contributed by atoms with Crippen LogP contribution in [0.15, 0.2) is 30.3 Å². The molecule has 2 N–H and O–H groups in total. The van der Waals surface area contributed by atoms with E-state index >= 15 is 0 Å². The maximum atomic E-state index is 14.1. The standard InChI is InChI=1S/C27H33ClF2N4O4S/c1-16(2)14-34(17-4-3-5-17)21(13-31-27(37)22-8-9-23(28)39-22)26(36)32-20-7-6-18(12-19(20)25(29)30)33-10-11-38-15-24(33)35/h6-9,12,16-17,21,25H,3-5,10-11,13-15H2,1-2H3,(H,31,37)(H,32,36)/t21-/m0/s1. The highest BCUT2D eigenvalue weighted by Gasteiger charge is 2.36. The number of hydrogen-bond donors (Lipinski definition) is 2. The number of benzene rings is 1. The number of rotatable bonds is 11. The minimum Gasteiger partial charge on any atom is -0.370 e. The van der Waals surface area contributed by atoms with E-state index in [2.05, 4.69) is 15.5 Å². The molecule has 0 bridgehead atoms. The zero-order chi connectivity index (χ0) is 28.1. The fourth-order valence-electron chi connectivity index (χ4n) is 4.76. The first-order valence-corrected chi connectivity index (χ1v) is 14.2. The molecule has 1 aromatic heterocycles. The quantitative estimate of drug-likeness (QED) is 0.391. The van der Waals surface area contributed by atoms with Gasteiger partial charge in [0.2, 0.25) is 5.91 Å². The van der Waals surface area contributed by atoms with Crippen LogP contribution in [0.2, 0.25) is 4.34 Å². The average Bonchev–Trinajstić information content (AvgIpc) is 3.29. The molecule has 0 spiro atoms. The topological polar surface area (TPSA) is 91.0 Å². The van der Waals surface area contributed by atoms with Gasteiger partial charge in [0.05, 0.1) is 15.8 Å². The molecule has 1 saturated heterocycles. The molecule has 2 fully saturated rings. The van der Waals surface area contributed by atoms with Crippen LogP contribution in [0, 0.1) is 5.92 Å². The van der Waals surface area contributed by atoms with E-state index in [1.54, 1.807) is 18.2 Å². The molecule has 2 aliphatic rings. The highest BCUT2D eigenvalue weighted by molar-refractivity contribution is 7.18. The summed E-state index contributed by atoms with van der Waals surface area (Å²) in [5.41, 5.74) is -0.0833. The van der Waals surface area contributed by atoms with Gasteiger partial charge < -0.3 is 20.3 Å². The fourth-order valence-corrected chi connectivity index (χ4v) is 5.72. The number of ether oxygens (including phenoxy) is 1. The van der Waals surface area contributed by atoms with Crippen LogP contribution in [0.5, 0.6) is 0 Å². The molecule has 8 nitrogen and oxygen atoms in total.